The molecule has 6 heteroatoms. The van der Waals surface area contributed by atoms with Crippen LogP contribution < -0.4 is 5.96 Å². The third-order valence-electron chi connectivity index (χ3n) is 0. The van der Waals surface area contributed by atoms with Gasteiger partial charge in [-0.25, -0.2) is 0 Å². The molecule has 0 heterocycles. The van der Waals surface area contributed by atoms with E-state index in [4.69, 9.17) is 19.6 Å². The first-order valence-corrected chi connectivity index (χ1v) is 0.993. The van der Waals surface area contributed by atoms with Crippen molar-refractivity contribution in [3.8, 4) is 0 Å². The van der Waals surface area contributed by atoms with E-state index in [1.807, 2.05) is 0 Å². The number of hydrogen-bond donors (Lipinski definition) is 4. The Morgan fingerprint density at radius 3 is 1.17 bits per heavy atom. The highest BCUT2D eigenvalue weighted by atomic mass is 19.2. The zero-order chi connectivity index (χ0) is 5.58. The van der Waals surface area contributed by atoms with Crippen LogP contribution >= 0.6 is 0 Å². The van der Waals surface area contributed by atoms with E-state index in [0.717, 1.165) is 0 Å². The van der Waals surface area contributed by atoms with Crippen molar-refractivity contribution < 1.29 is 19.6 Å². The maximum absolute atomic E-state index is 9.00. The van der Waals surface area contributed by atoms with Crippen LogP contribution in [0.2, 0.25) is 0 Å². The fourth-order valence-electron chi connectivity index (χ4n) is 0. The Hall–Kier alpha value is -0.165. The quantitative estimate of drug-likeness (QED) is 0.203. The lowest BCUT2D eigenvalue weighted by Gasteiger charge is -1.69. The van der Waals surface area contributed by atoms with Crippen molar-refractivity contribution in [2.75, 3.05) is 0 Å². The van der Waals surface area contributed by atoms with Gasteiger partial charge in [-0.2, -0.15) is 5.96 Å². The second-order valence-corrected chi connectivity index (χ2v) is 0.346. The number of hydrogen-bond acceptors (Lipinski definition) is 4. The van der Waals surface area contributed by atoms with Gasteiger partial charge in [0.05, 0.1) is 0 Å². The summed E-state index contributed by atoms with van der Waals surface area (Å²) in [5, 5.41) is 21.5. The SMILES string of the molecule is NF.OB(O)O. The number of rotatable bonds is 0. The van der Waals surface area contributed by atoms with E-state index in [2.05, 4.69) is 5.96 Å². The normalized spacial score (nSPS) is 5.50. The molecule has 0 fully saturated rings. The van der Waals surface area contributed by atoms with Gasteiger partial charge in [-0.1, -0.05) is 0 Å². The van der Waals surface area contributed by atoms with Gasteiger partial charge in [0.25, 0.3) is 0 Å². The van der Waals surface area contributed by atoms with Crippen LogP contribution in [0.4, 0.5) is 4.48 Å². The van der Waals surface area contributed by atoms with Crippen molar-refractivity contribution in [2.24, 2.45) is 5.96 Å². The fraction of sp³-hybridized carbons (Fsp3) is 0. The molecule has 0 radical (unpaired) electrons. The van der Waals surface area contributed by atoms with Gasteiger partial charge >= 0.3 is 7.32 Å². The summed E-state index contributed by atoms with van der Waals surface area (Å²) in [5.74, 6) is 3.00. The lowest BCUT2D eigenvalue weighted by Crippen LogP contribution is -2.07. The Morgan fingerprint density at radius 2 is 1.17 bits per heavy atom. The molecule has 6 heavy (non-hydrogen) atoms. The molecule has 0 saturated heterocycles. The molecule has 5 N–H and O–H groups in total. The monoisotopic (exact) mass is 97.0 g/mol. The van der Waals surface area contributed by atoms with Crippen LogP contribution in [0.1, 0.15) is 0 Å². The number of halogens is 1. The first-order chi connectivity index (χ1) is 2.73. The van der Waals surface area contributed by atoms with E-state index in [9.17, 15) is 0 Å². The lowest BCUT2D eigenvalue weighted by atomic mass is 10.3. The van der Waals surface area contributed by atoms with Gasteiger partial charge in [0, 0.05) is 0 Å². The average molecular weight is 96.9 g/mol. The summed E-state index contributed by atoms with van der Waals surface area (Å²) in [4.78, 5) is 0. The third kappa shape index (κ3) is 1130. The lowest BCUT2D eigenvalue weighted by molar-refractivity contribution is 0.278. The van der Waals surface area contributed by atoms with Crippen LogP contribution in [0.25, 0.3) is 0 Å². The minimum atomic E-state index is -2.17. The molecule has 0 amide bonds. The molecule has 0 aliphatic rings. The second-order valence-electron chi connectivity index (χ2n) is 0.346. The van der Waals surface area contributed by atoms with Gasteiger partial charge in [0.2, 0.25) is 0 Å². The van der Waals surface area contributed by atoms with Gasteiger partial charge in [-0.05, 0) is 0 Å². The highest BCUT2D eigenvalue weighted by molar-refractivity contribution is 6.30. The highest BCUT2D eigenvalue weighted by Gasteiger charge is 1.92. The first kappa shape index (κ1) is 9.27. The maximum Gasteiger partial charge on any atom is 0.631 e. The molecule has 0 aliphatic heterocycles. The molecule has 38 valence electrons. The van der Waals surface area contributed by atoms with Crippen molar-refractivity contribution >= 4 is 7.32 Å². The minimum absolute atomic E-state index is 2.17. The van der Waals surface area contributed by atoms with E-state index in [0.29, 0.717) is 0 Å². The molecule has 0 rings (SSSR count). The van der Waals surface area contributed by atoms with Crippen LogP contribution in [-0.4, -0.2) is 22.4 Å². The van der Waals surface area contributed by atoms with Gasteiger partial charge in [0.1, 0.15) is 0 Å². The van der Waals surface area contributed by atoms with E-state index in [1.54, 1.807) is 0 Å². The van der Waals surface area contributed by atoms with Crippen LogP contribution in [0.5, 0.6) is 0 Å². The molecule has 0 saturated carbocycles. The average Bonchev–Trinajstić information content (AvgIpc) is 1.41. The zero-order valence-electron chi connectivity index (χ0n) is 2.87. The van der Waals surface area contributed by atoms with Crippen molar-refractivity contribution in [1.29, 1.82) is 0 Å². The van der Waals surface area contributed by atoms with Crippen LogP contribution in [-0.2, 0) is 0 Å². The molecular formula is H5BFNO3. The van der Waals surface area contributed by atoms with Gasteiger partial charge in [0.15, 0.2) is 0 Å². The predicted octanol–water partition coefficient (Wildman–Crippen LogP) is -2.22. The summed E-state index contributed by atoms with van der Waals surface area (Å²) >= 11 is 0. The van der Waals surface area contributed by atoms with E-state index in [1.165, 1.54) is 0 Å². The maximum atomic E-state index is 9.00. The summed E-state index contributed by atoms with van der Waals surface area (Å²) in [5.41, 5.74) is 0. The van der Waals surface area contributed by atoms with Crippen LogP contribution in [0, 0.1) is 0 Å². The molecular weight excluding hydrogens is 91.8 g/mol. The molecule has 0 unspecified atom stereocenters. The molecule has 0 aliphatic carbocycles. The van der Waals surface area contributed by atoms with Gasteiger partial charge in [-0.15, -0.1) is 4.48 Å². The summed E-state index contributed by atoms with van der Waals surface area (Å²) < 4.78 is 9.00. The van der Waals surface area contributed by atoms with Gasteiger partial charge in [-0.3, -0.25) is 0 Å². The summed E-state index contributed by atoms with van der Waals surface area (Å²) in [6, 6.07) is 0. The topological polar surface area (TPSA) is 86.7 Å². The van der Waals surface area contributed by atoms with E-state index >= 15 is 0 Å². The van der Waals surface area contributed by atoms with Crippen molar-refractivity contribution in [3.05, 3.63) is 0 Å². The molecule has 0 bridgehead atoms. The largest absolute Gasteiger partial charge is 0.631 e. The summed E-state index contributed by atoms with van der Waals surface area (Å²) in [6.45, 7) is 0. The van der Waals surface area contributed by atoms with E-state index < -0.39 is 7.32 Å². The van der Waals surface area contributed by atoms with Crippen molar-refractivity contribution in [3.63, 3.8) is 0 Å². The zero-order valence-corrected chi connectivity index (χ0v) is 2.87. The molecule has 0 aromatic heterocycles. The standard InChI is InChI=1S/BH3O3.FH2N/c2-1(3)4;1-2/h2-4H;2H2. The molecule has 4 nitrogen and oxygen atoms in total. The Bertz CT molecular complexity index is 15.5. The molecule has 0 aromatic rings. The molecule has 0 atom stereocenters. The Kier molecular flexibility index (Phi) is 13.7. The first-order valence-electron chi connectivity index (χ1n) is 0.993. The minimum Gasteiger partial charge on any atom is -0.402 e. The molecule has 0 aromatic carbocycles. The van der Waals surface area contributed by atoms with E-state index in [-0.39, 0.29) is 0 Å². The van der Waals surface area contributed by atoms with Crippen LogP contribution in [0.15, 0.2) is 0 Å². The predicted molar refractivity (Wildman–Crippen MR) is 17.7 cm³/mol. The Labute approximate surface area is 34.1 Å². The molecule has 0 spiro atoms. The smallest absolute Gasteiger partial charge is 0.402 e. The summed E-state index contributed by atoms with van der Waals surface area (Å²) in [7, 11) is -2.17. The Morgan fingerprint density at radius 1 is 1.17 bits per heavy atom. The summed E-state index contributed by atoms with van der Waals surface area (Å²) in [6.07, 6.45) is 0. The highest BCUT2D eigenvalue weighted by Crippen LogP contribution is 1.40. The second kappa shape index (κ2) is 8.85. The fourth-order valence-corrected chi connectivity index (χ4v) is 0. The van der Waals surface area contributed by atoms with Crippen molar-refractivity contribution in [2.45, 2.75) is 0 Å². The number of nitrogens with two attached hydrogens (primary N) is 1. The third-order valence-corrected chi connectivity index (χ3v) is 0. The van der Waals surface area contributed by atoms with Crippen LogP contribution in [0.3, 0.4) is 0 Å². The van der Waals surface area contributed by atoms with Crippen molar-refractivity contribution in [1.82, 2.24) is 0 Å². The van der Waals surface area contributed by atoms with Gasteiger partial charge < -0.3 is 15.1 Å². The Balaban J connectivity index is 0.